The lowest BCUT2D eigenvalue weighted by molar-refractivity contribution is 0.0257. The van der Waals surface area contributed by atoms with Crippen molar-refractivity contribution in [2.45, 2.75) is 18.4 Å². The van der Waals surface area contributed by atoms with Crippen molar-refractivity contribution in [3.63, 3.8) is 0 Å². The number of nitrogens with one attached hydrogen (secondary N) is 2. The fourth-order valence-corrected chi connectivity index (χ4v) is 4.24. The lowest BCUT2D eigenvalue weighted by Gasteiger charge is -2.19. The summed E-state index contributed by atoms with van der Waals surface area (Å²) in [6, 6.07) is 13.7. The molecule has 2 aromatic carbocycles. The summed E-state index contributed by atoms with van der Waals surface area (Å²) < 4.78 is 27.2. The number of thiazole rings is 1. The van der Waals surface area contributed by atoms with Crippen LogP contribution in [0.1, 0.15) is 23.0 Å². The predicted molar refractivity (Wildman–Crippen MR) is 126 cm³/mol. The van der Waals surface area contributed by atoms with E-state index in [1.54, 1.807) is 10.3 Å². The van der Waals surface area contributed by atoms with Crippen molar-refractivity contribution >= 4 is 28.9 Å². The van der Waals surface area contributed by atoms with E-state index in [0.717, 1.165) is 16.8 Å². The van der Waals surface area contributed by atoms with Gasteiger partial charge in [-0.15, -0.1) is 17.8 Å². The van der Waals surface area contributed by atoms with E-state index in [4.69, 9.17) is 6.42 Å². The second-order valence-corrected chi connectivity index (χ2v) is 8.57. The molecule has 0 aliphatic carbocycles. The molecule has 3 N–H and O–H groups in total. The van der Waals surface area contributed by atoms with Crippen LogP contribution in [0.3, 0.4) is 0 Å². The van der Waals surface area contributed by atoms with E-state index in [0.29, 0.717) is 22.9 Å². The van der Waals surface area contributed by atoms with Crippen LogP contribution in [-0.2, 0) is 0 Å². The summed E-state index contributed by atoms with van der Waals surface area (Å²) in [7, 11) is 0. The van der Waals surface area contributed by atoms with E-state index in [1.807, 2.05) is 48.5 Å². The molecule has 2 amide bonds. The zero-order valence-electron chi connectivity index (χ0n) is 17.6. The SMILES string of the molecule is C#Cc1nc(NC(=O)NC(CO)c2ccc(-c3cccc(N4CCC(F)(F)C4)c3)cc2)cs1. The second-order valence-electron chi connectivity index (χ2n) is 7.72. The van der Waals surface area contributed by atoms with Crippen LogP contribution in [0.4, 0.5) is 25.1 Å². The number of nitrogens with zero attached hydrogens (tertiary/aromatic N) is 2. The summed E-state index contributed by atoms with van der Waals surface area (Å²) in [4.78, 5) is 18.0. The van der Waals surface area contributed by atoms with Crippen LogP contribution >= 0.6 is 11.3 Å². The molecule has 1 aliphatic heterocycles. The number of amides is 2. The maximum Gasteiger partial charge on any atom is 0.320 e. The van der Waals surface area contributed by atoms with Gasteiger partial charge in [0.05, 0.1) is 19.2 Å². The Kier molecular flexibility index (Phi) is 6.58. The van der Waals surface area contributed by atoms with Gasteiger partial charge in [0.15, 0.2) is 5.01 Å². The molecule has 1 aliphatic rings. The Morgan fingerprint density at radius 1 is 1.27 bits per heavy atom. The molecule has 1 unspecified atom stereocenters. The summed E-state index contributed by atoms with van der Waals surface area (Å²) in [6.07, 6.45) is 5.14. The smallest absolute Gasteiger partial charge is 0.320 e. The highest BCUT2D eigenvalue weighted by molar-refractivity contribution is 7.10. The lowest BCUT2D eigenvalue weighted by atomic mass is 10.0. The molecular weight excluding hydrogens is 446 g/mol. The van der Waals surface area contributed by atoms with Crippen molar-refractivity contribution in [1.29, 1.82) is 0 Å². The molecule has 1 atom stereocenters. The standard InChI is InChI=1S/C24H22F2N4O2S/c1-2-22-28-21(14-33-22)29-23(32)27-20(13-31)17-8-6-16(7-9-17)18-4-3-5-19(12-18)30-11-10-24(25,26)15-30/h1,3-9,12,14,20,31H,10-11,13,15H2,(H2,27,29,32). The van der Waals surface area contributed by atoms with Gasteiger partial charge in [0.1, 0.15) is 5.82 Å². The van der Waals surface area contributed by atoms with Crippen LogP contribution in [0.15, 0.2) is 53.9 Å². The summed E-state index contributed by atoms with van der Waals surface area (Å²) in [5.41, 5.74) is 3.27. The summed E-state index contributed by atoms with van der Waals surface area (Å²) in [5.74, 6) is 0.0871. The zero-order chi connectivity index (χ0) is 23.4. The molecule has 0 bridgehead atoms. The van der Waals surface area contributed by atoms with Gasteiger partial charge in [-0.1, -0.05) is 36.4 Å². The summed E-state index contributed by atoms with van der Waals surface area (Å²) in [6.45, 7) is -0.239. The number of anilines is 2. The molecule has 9 heteroatoms. The molecule has 170 valence electrons. The molecule has 33 heavy (non-hydrogen) atoms. The van der Waals surface area contributed by atoms with Crippen LogP contribution < -0.4 is 15.5 Å². The van der Waals surface area contributed by atoms with Crippen LogP contribution in [0.5, 0.6) is 0 Å². The molecule has 3 aromatic rings. The molecule has 6 nitrogen and oxygen atoms in total. The maximum absolute atomic E-state index is 13.6. The minimum atomic E-state index is -2.65. The number of aliphatic hydroxyl groups excluding tert-OH is 1. The number of rotatable bonds is 6. The van der Waals surface area contributed by atoms with Crippen molar-refractivity contribution in [2.75, 3.05) is 29.9 Å². The first-order chi connectivity index (χ1) is 15.9. The normalized spacial score (nSPS) is 15.6. The Bertz CT molecular complexity index is 1170. The first-order valence-electron chi connectivity index (χ1n) is 10.3. The topological polar surface area (TPSA) is 77.5 Å². The number of hydrogen-bond donors (Lipinski definition) is 3. The van der Waals surface area contributed by atoms with Crippen LogP contribution in [0.2, 0.25) is 0 Å². The number of terminal acetylenes is 1. The number of carbonyl (C=O) groups excluding carboxylic acids is 1. The number of aliphatic hydroxyl groups is 1. The lowest BCUT2D eigenvalue weighted by Crippen LogP contribution is -2.34. The van der Waals surface area contributed by atoms with Gasteiger partial charge in [0, 0.05) is 24.0 Å². The van der Waals surface area contributed by atoms with Crippen LogP contribution in [-0.4, -0.2) is 41.7 Å². The van der Waals surface area contributed by atoms with Crippen LogP contribution in [0.25, 0.3) is 11.1 Å². The van der Waals surface area contributed by atoms with E-state index >= 15 is 0 Å². The number of carbonyl (C=O) groups is 1. The van der Waals surface area contributed by atoms with Crippen molar-refractivity contribution in [3.05, 3.63) is 64.5 Å². The van der Waals surface area contributed by atoms with Gasteiger partial charge in [-0.25, -0.2) is 18.6 Å². The number of alkyl halides is 2. The number of benzene rings is 2. The Labute approximate surface area is 194 Å². The highest BCUT2D eigenvalue weighted by Gasteiger charge is 2.38. The minimum absolute atomic E-state index is 0.136. The summed E-state index contributed by atoms with van der Waals surface area (Å²) >= 11 is 1.24. The molecule has 0 radical (unpaired) electrons. The Balaban J connectivity index is 1.43. The molecular formula is C24H22F2N4O2S. The predicted octanol–water partition coefficient (Wildman–Crippen LogP) is 4.49. The fourth-order valence-electron chi connectivity index (χ4n) is 3.69. The number of hydrogen-bond acceptors (Lipinski definition) is 5. The van der Waals surface area contributed by atoms with Crippen LogP contribution in [0, 0.1) is 12.3 Å². The minimum Gasteiger partial charge on any atom is -0.394 e. The molecule has 0 saturated carbocycles. The molecule has 0 spiro atoms. The number of aromatic nitrogens is 1. The largest absolute Gasteiger partial charge is 0.394 e. The third-order valence-electron chi connectivity index (χ3n) is 5.38. The monoisotopic (exact) mass is 468 g/mol. The average Bonchev–Trinajstić information content (AvgIpc) is 3.43. The highest BCUT2D eigenvalue weighted by Crippen LogP contribution is 2.33. The molecule has 4 rings (SSSR count). The fraction of sp³-hybridized carbons (Fsp3) is 0.250. The third-order valence-corrected chi connectivity index (χ3v) is 6.16. The highest BCUT2D eigenvalue weighted by atomic mass is 32.1. The Hall–Kier alpha value is -3.48. The number of halogens is 2. The Morgan fingerprint density at radius 2 is 2.06 bits per heavy atom. The quantitative estimate of drug-likeness (QED) is 0.466. The van der Waals surface area contributed by atoms with Gasteiger partial charge in [0.25, 0.3) is 5.92 Å². The van der Waals surface area contributed by atoms with E-state index in [1.165, 1.54) is 11.3 Å². The number of urea groups is 1. The van der Waals surface area contributed by atoms with E-state index in [9.17, 15) is 18.7 Å². The van der Waals surface area contributed by atoms with Crippen molar-refractivity contribution < 1.29 is 18.7 Å². The Morgan fingerprint density at radius 3 is 2.70 bits per heavy atom. The van der Waals surface area contributed by atoms with Gasteiger partial charge in [0.2, 0.25) is 0 Å². The zero-order valence-corrected chi connectivity index (χ0v) is 18.4. The van der Waals surface area contributed by atoms with Crippen molar-refractivity contribution in [3.8, 4) is 23.5 Å². The van der Waals surface area contributed by atoms with Gasteiger partial charge in [-0.05, 0) is 34.7 Å². The maximum atomic E-state index is 13.6. The molecule has 1 saturated heterocycles. The first-order valence-corrected chi connectivity index (χ1v) is 11.2. The van der Waals surface area contributed by atoms with Gasteiger partial charge < -0.3 is 15.3 Å². The van der Waals surface area contributed by atoms with E-state index in [2.05, 4.69) is 21.5 Å². The van der Waals surface area contributed by atoms with E-state index < -0.39 is 18.0 Å². The molecule has 2 heterocycles. The average molecular weight is 469 g/mol. The molecule has 1 fully saturated rings. The first kappa shape index (κ1) is 22.7. The van der Waals surface area contributed by atoms with E-state index in [-0.39, 0.29) is 19.6 Å². The van der Waals surface area contributed by atoms with Crippen molar-refractivity contribution in [2.24, 2.45) is 0 Å². The van der Waals surface area contributed by atoms with Gasteiger partial charge in [-0.3, -0.25) is 5.32 Å². The van der Waals surface area contributed by atoms with Gasteiger partial charge in [-0.2, -0.15) is 0 Å². The third kappa shape index (κ3) is 5.48. The summed E-state index contributed by atoms with van der Waals surface area (Å²) in [5, 5.41) is 17.2. The van der Waals surface area contributed by atoms with Gasteiger partial charge >= 0.3 is 6.03 Å². The second kappa shape index (κ2) is 9.57. The van der Waals surface area contributed by atoms with Crippen molar-refractivity contribution in [1.82, 2.24) is 10.3 Å². The molecule has 1 aromatic heterocycles.